The van der Waals surface area contributed by atoms with E-state index in [1.807, 2.05) is 22.7 Å². The lowest BCUT2D eigenvalue weighted by Crippen LogP contribution is -2.39. The number of rotatable bonds is 6. The lowest BCUT2D eigenvalue weighted by Gasteiger charge is -2.30. The highest BCUT2D eigenvalue weighted by Crippen LogP contribution is 2.33. The number of aryl methyl sites for hydroxylation is 2. The largest absolute Gasteiger partial charge is 0.481 e. The van der Waals surface area contributed by atoms with E-state index < -0.39 is 5.97 Å². The number of carboxylic acids is 1. The Morgan fingerprint density at radius 1 is 1.20 bits per heavy atom. The van der Waals surface area contributed by atoms with E-state index in [4.69, 9.17) is 0 Å². The molecule has 1 N–H and O–H groups in total. The van der Waals surface area contributed by atoms with Crippen molar-refractivity contribution in [3.63, 3.8) is 0 Å². The predicted molar refractivity (Wildman–Crippen MR) is 107 cm³/mol. The van der Waals surface area contributed by atoms with Crippen molar-refractivity contribution in [3.8, 4) is 0 Å². The minimum atomic E-state index is -0.649. The zero-order chi connectivity index (χ0) is 17.8. The van der Waals surface area contributed by atoms with Gasteiger partial charge in [0.05, 0.1) is 5.92 Å². The van der Waals surface area contributed by atoms with Crippen LogP contribution in [0.1, 0.15) is 38.8 Å². The van der Waals surface area contributed by atoms with Gasteiger partial charge in [-0.15, -0.1) is 22.7 Å². The standard InChI is InChI=1S/C20H25NO2S2/c1-14-7-9-18(24-14)17(19-10-8-15(2)25-19)6-4-12-21-11-3-5-16(13-21)20(22)23/h6-10,16H,3-5,11-13H2,1-2H3,(H,22,23). The first-order chi connectivity index (χ1) is 12.0. The molecule has 134 valence electrons. The molecule has 5 heteroatoms. The van der Waals surface area contributed by atoms with Gasteiger partial charge in [0.2, 0.25) is 0 Å². The summed E-state index contributed by atoms with van der Waals surface area (Å²) in [6.45, 7) is 6.93. The third-order valence-electron chi connectivity index (χ3n) is 4.66. The van der Waals surface area contributed by atoms with E-state index in [0.29, 0.717) is 6.54 Å². The minimum Gasteiger partial charge on any atom is -0.481 e. The van der Waals surface area contributed by atoms with Gasteiger partial charge in [0.15, 0.2) is 0 Å². The van der Waals surface area contributed by atoms with Gasteiger partial charge in [-0.1, -0.05) is 6.08 Å². The molecule has 25 heavy (non-hydrogen) atoms. The van der Waals surface area contributed by atoms with Crippen molar-refractivity contribution in [1.82, 2.24) is 4.90 Å². The van der Waals surface area contributed by atoms with Crippen molar-refractivity contribution >= 4 is 34.2 Å². The van der Waals surface area contributed by atoms with Crippen LogP contribution in [0.5, 0.6) is 0 Å². The van der Waals surface area contributed by atoms with Crippen molar-refractivity contribution in [3.05, 3.63) is 49.9 Å². The van der Waals surface area contributed by atoms with Crippen LogP contribution < -0.4 is 0 Å². The number of aliphatic carboxylic acids is 1. The molecule has 1 saturated heterocycles. The SMILES string of the molecule is Cc1ccc(C(=CCCN2CCCC(C(=O)O)C2)c2ccc(C)s2)s1. The van der Waals surface area contributed by atoms with Crippen molar-refractivity contribution in [2.75, 3.05) is 19.6 Å². The Morgan fingerprint density at radius 2 is 1.84 bits per heavy atom. The first-order valence-electron chi connectivity index (χ1n) is 8.82. The molecule has 3 rings (SSSR count). The Balaban J connectivity index is 1.70. The molecule has 0 spiro atoms. The van der Waals surface area contributed by atoms with Gasteiger partial charge < -0.3 is 10.0 Å². The van der Waals surface area contributed by atoms with Gasteiger partial charge >= 0.3 is 5.97 Å². The molecule has 0 saturated carbocycles. The summed E-state index contributed by atoms with van der Waals surface area (Å²) in [5, 5.41) is 9.24. The summed E-state index contributed by atoms with van der Waals surface area (Å²) in [6, 6.07) is 8.78. The average Bonchev–Trinajstić information content (AvgIpc) is 3.20. The summed E-state index contributed by atoms with van der Waals surface area (Å²) >= 11 is 3.67. The number of nitrogens with zero attached hydrogens (tertiary/aromatic N) is 1. The number of hydrogen-bond acceptors (Lipinski definition) is 4. The smallest absolute Gasteiger partial charge is 0.307 e. The molecule has 1 unspecified atom stereocenters. The monoisotopic (exact) mass is 375 g/mol. The third-order valence-corrected chi connectivity index (χ3v) is 6.73. The van der Waals surface area contributed by atoms with Crippen LogP contribution in [0.15, 0.2) is 30.3 Å². The van der Waals surface area contributed by atoms with Gasteiger partial charge in [0.1, 0.15) is 0 Å². The Bertz CT molecular complexity index is 717. The minimum absolute atomic E-state index is 0.197. The number of carbonyl (C=O) groups is 1. The number of carboxylic acid groups (broad SMARTS) is 1. The average molecular weight is 376 g/mol. The Kier molecular flexibility index (Phi) is 6.10. The maximum Gasteiger partial charge on any atom is 0.307 e. The van der Waals surface area contributed by atoms with Crippen LogP contribution in [-0.2, 0) is 4.79 Å². The van der Waals surface area contributed by atoms with Crippen LogP contribution in [0.4, 0.5) is 0 Å². The molecule has 1 aliphatic rings. The molecular formula is C20H25NO2S2. The summed E-state index contributed by atoms with van der Waals surface area (Å²) in [6.07, 6.45) is 5.09. The zero-order valence-corrected chi connectivity index (χ0v) is 16.5. The van der Waals surface area contributed by atoms with Gasteiger partial charge in [-0.05, 0) is 63.9 Å². The van der Waals surface area contributed by atoms with Crippen LogP contribution in [0, 0.1) is 19.8 Å². The lowest BCUT2D eigenvalue weighted by molar-refractivity contribution is -0.143. The van der Waals surface area contributed by atoms with E-state index in [-0.39, 0.29) is 5.92 Å². The molecule has 0 aromatic carbocycles. The molecule has 1 fully saturated rings. The quantitative estimate of drug-likeness (QED) is 0.768. The topological polar surface area (TPSA) is 40.5 Å². The molecule has 0 aliphatic carbocycles. The summed E-state index contributed by atoms with van der Waals surface area (Å²) in [4.78, 5) is 18.8. The van der Waals surface area contributed by atoms with E-state index >= 15 is 0 Å². The van der Waals surface area contributed by atoms with Crippen LogP contribution in [0.3, 0.4) is 0 Å². The molecule has 0 bridgehead atoms. The normalized spacial score (nSPS) is 18.2. The number of thiophene rings is 2. The molecule has 3 nitrogen and oxygen atoms in total. The highest BCUT2D eigenvalue weighted by molar-refractivity contribution is 7.15. The number of piperidine rings is 1. The lowest BCUT2D eigenvalue weighted by atomic mass is 9.98. The summed E-state index contributed by atoms with van der Waals surface area (Å²) in [5.41, 5.74) is 1.32. The van der Waals surface area contributed by atoms with Gasteiger partial charge in [-0.25, -0.2) is 0 Å². The van der Waals surface area contributed by atoms with Crippen molar-refractivity contribution in [2.24, 2.45) is 5.92 Å². The Morgan fingerprint density at radius 3 is 2.36 bits per heavy atom. The van der Waals surface area contributed by atoms with Crippen LogP contribution in [-0.4, -0.2) is 35.6 Å². The molecular weight excluding hydrogens is 350 g/mol. The fraction of sp³-hybridized carbons (Fsp3) is 0.450. The van der Waals surface area contributed by atoms with Crippen molar-refractivity contribution in [2.45, 2.75) is 33.1 Å². The Labute approximate surface area is 157 Å². The molecule has 0 radical (unpaired) electrons. The molecule has 2 aromatic rings. The first kappa shape index (κ1) is 18.4. The second-order valence-corrected chi connectivity index (χ2v) is 9.28. The van der Waals surface area contributed by atoms with E-state index in [2.05, 4.69) is 49.1 Å². The third kappa shape index (κ3) is 4.81. The maximum atomic E-state index is 11.2. The zero-order valence-electron chi connectivity index (χ0n) is 14.8. The summed E-state index contributed by atoms with van der Waals surface area (Å²) in [5.74, 6) is -0.846. The molecule has 3 heterocycles. The highest BCUT2D eigenvalue weighted by Gasteiger charge is 2.24. The van der Waals surface area contributed by atoms with E-state index in [0.717, 1.165) is 32.4 Å². The van der Waals surface area contributed by atoms with Crippen LogP contribution in [0.25, 0.3) is 5.57 Å². The summed E-state index contributed by atoms with van der Waals surface area (Å²) < 4.78 is 0. The molecule has 0 amide bonds. The van der Waals surface area contributed by atoms with Gasteiger partial charge in [0.25, 0.3) is 0 Å². The number of likely N-dealkylation sites (tertiary alicyclic amines) is 1. The van der Waals surface area contributed by atoms with Crippen molar-refractivity contribution < 1.29 is 9.90 Å². The highest BCUT2D eigenvalue weighted by atomic mass is 32.1. The number of hydrogen-bond donors (Lipinski definition) is 1. The second-order valence-electron chi connectivity index (χ2n) is 6.71. The fourth-order valence-corrected chi connectivity index (χ4v) is 5.24. The second kappa shape index (κ2) is 8.30. The van der Waals surface area contributed by atoms with Crippen LogP contribution in [0.2, 0.25) is 0 Å². The van der Waals surface area contributed by atoms with Gasteiger partial charge in [-0.2, -0.15) is 0 Å². The van der Waals surface area contributed by atoms with E-state index in [9.17, 15) is 9.90 Å². The van der Waals surface area contributed by atoms with Crippen molar-refractivity contribution in [1.29, 1.82) is 0 Å². The van der Waals surface area contributed by atoms with E-state index in [1.165, 1.54) is 25.1 Å². The fourth-order valence-electron chi connectivity index (χ4n) is 3.33. The molecule has 1 atom stereocenters. The summed E-state index contributed by atoms with van der Waals surface area (Å²) in [7, 11) is 0. The van der Waals surface area contributed by atoms with Gasteiger partial charge in [0, 0.05) is 38.2 Å². The maximum absolute atomic E-state index is 11.2. The molecule has 2 aromatic heterocycles. The van der Waals surface area contributed by atoms with E-state index in [1.54, 1.807) is 0 Å². The van der Waals surface area contributed by atoms with Crippen LogP contribution >= 0.6 is 22.7 Å². The van der Waals surface area contributed by atoms with Gasteiger partial charge in [-0.3, -0.25) is 4.79 Å². The molecule has 1 aliphatic heterocycles. The predicted octanol–water partition coefficient (Wildman–Crippen LogP) is 5.04. The first-order valence-corrected chi connectivity index (χ1v) is 10.4. The Hall–Kier alpha value is -1.43.